The first-order chi connectivity index (χ1) is 18.5. The van der Waals surface area contributed by atoms with Gasteiger partial charge in [-0.05, 0) is 48.9 Å². The fourth-order valence-electron chi connectivity index (χ4n) is 5.01. The Bertz CT molecular complexity index is 1390. The van der Waals surface area contributed by atoms with E-state index in [9.17, 15) is 9.90 Å². The van der Waals surface area contributed by atoms with Crippen molar-refractivity contribution in [1.29, 1.82) is 0 Å². The number of rotatable bonds is 12. The Morgan fingerprint density at radius 2 is 1.68 bits per heavy atom. The lowest BCUT2D eigenvalue weighted by molar-refractivity contribution is 0.0698. The monoisotopic (exact) mass is 648 g/mol. The number of benzene rings is 1. The number of fused-ring (bicyclic) bond motifs is 2. The van der Waals surface area contributed by atoms with E-state index in [4.69, 9.17) is 19.6 Å². The molecule has 220 valence electrons. The maximum absolute atomic E-state index is 12.2. The van der Waals surface area contributed by atoms with Crippen molar-refractivity contribution in [3.05, 3.63) is 33.4 Å². The summed E-state index contributed by atoms with van der Waals surface area (Å²) in [6, 6.07) is 5.69. The molecule has 2 heterocycles. The van der Waals surface area contributed by atoms with E-state index in [0.717, 1.165) is 49.2 Å². The largest absolute Gasteiger partial charge is 0.478 e. The van der Waals surface area contributed by atoms with E-state index >= 15 is 0 Å². The molecule has 1 aromatic carbocycles. The lowest BCUT2D eigenvalue weighted by Crippen LogP contribution is -2.25. The van der Waals surface area contributed by atoms with Crippen LogP contribution in [-0.4, -0.2) is 59.8 Å². The molecule has 1 N–H and O–H groups in total. The van der Waals surface area contributed by atoms with Gasteiger partial charge < -0.3 is 14.6 Å². The van der Waals surface area contributed by atoms with Crippen molar-refractivity contribution >= 4 is 49.1 Å². The molecule has 0 amide bonds. The second kappa shape index (κ2) is 11.8. The molecule has 0 spiro atoms. The third-order valence-corrected chi connectivity index (χ3v) is 11.4. The summed E-state index contributed by atoms with van der Waals surface area (Å²) in [5, 5.41) is 15.1. The molecule has 0 radical (unpaired) electrons. The highest BCUT2D eigenvalue weighted by Crippen LogP contribution is 2.40. The van der Waals surface area contributed by atoms with Crippen LogP contribution >= 0.6 is 15.9 Å². The van der Waals surface area contributed by atoms with E-state index in [1.54, 1.807) is 6.07 Å². The summed E-state index contributed by atoms with van der Waals surface area (Å²) >= 11 is 3.51. The summed E-state index contributed by atoms with van der Waals surface area (Å²) in [7, 11) is -2.46. The number of aromatic nitrogens is 4. The van der Waals surface area contributed by atoms with Gasteiger partial charge in [0.15, 0.2) is 5.82 Å². The van der Waals surface area contributed by atoms with Crippen LogP contribution in [0.25, 0.3) is 22.6 Å². The Labute approximate surface area is 248 Å². The number of ether oxygens (including phenoxy) is 2. The molecule has 1 aliphatic rings. The Morgan fingerprint density at radius 3 is 2.27 bits per heavy atom. The van der Waals surface area contributed by atoms with Gasteiger partial charge >= 0.3 is 5.97 Å². The quantitative estimate of drug-likeness (QED) is 0.161. The highest BCUT2D eigenvalue weighted by atomic mass is 79.9. The Kier molecular flexibility index (Phi) is 9.21. The number of nitrogens with zero attached hydrogens (tertiary/aromatic N) is 4. The van der Waals surface area contributed by atoms with Gasteiger partial charge in [0.05, 0.1) is 11.1 Å². The molecular formula is C29H45BrN4O4Si2. The molecule has 8 nitrogen and oxygen atoms in total. The predicted molar refractivity (Wildman–Crippen MR) is 170 cm³/mol. The van der Waals surface area contributed by atoms with E-state index in [2.05, 4.69) is 69.1 Å². The first kappa shape index (κ1) is 31.1. The number of carboxylic acids is 1. The predicted octanol–water partition coefficient (Wildman–Crippen LogP) is 7.50. The van der Waals surface area contributed by atoms with Gasteiger partial charge in [0.25, 0.3) is 0 Å². The summed E-state index contributed by atoms with van der Waals surface area (Å²) in [6.07, 6.45) is 2.85. The third kappa shape index (κ3) is 7.53. The highest BCUT2D eigenvalue weighted by molar-refractivity contribution is 9.10. The third-order valence-electron chi connectivity index (χ3n) is 7.55. The molecule has 0 aliphatic heterocycles. The molecule has 4 rings (SSSR count). The maximum Gasteiger partial charge on any atom is 0.338 e. The van der Waals surface area contributed by atoms with Crippen molar-refractivity contribution in [3.8, 4) is 11.5 Å². The van der Waals surface area contributed by atoms with Crippen molar-refractivity contribution in [1.82, 2.24) is 19.3 Å². The molecule has 11 heteroatoms. The fourth-order valence-corrected chi connectivity index (χ4v) is 6.97. The van der Waals surface area contributed by atoms with Gasteiger partial charge in [0.1, 0.15) is 24.7 Å². The fraction of sp³-hybridized carbons (Fsp3) is 0.621. The van der Waals surface area contributed by atoms with Gasteiger partial charge in [-0.2, -0.15) is 5.10 Å². The Morgan fingerprint density at radius 1 is 1.05 bits per heavy atom. The van der Waals surface area contributed by atoms with E-state index in [0.29, 0.717) is 29.2 Å². The normalized spacial score (nSPS) is 15.5. The number of hydrogen-bond acceptors (Lipinski definition) is 5. The van der Waals surface area contributed by atoms with Crippen LogP contribution in [-0.2, 0) is 35.8 Å². The molecule has 0 saturated carbocycles. The lowest BCUT2D eigenvalue weighted by atomic mass is 9.76. The van der Waals surface area contributed by atoms with Gasteiger partial charge in [-0.15, -0.1) is 0 Å². The molecule has 40 heavy (non-hydrogen) atoms. The minimum absolute atomic E-state index is 0.163. The van der Waals surface area contributed by atoms with Crippen LogP contribution < -0.4 is 0 Å². The summed E-state index contributed by atoms with van der Waals surface area (Å²) < 4.78 is 17.0. The molecule has 0 atom stereocenters. The first-order valence-corrected chi connectivity index (χ1v) is 22.4. The van der Waals surface area contributed by atoms with Crippen LogP contribution in [0.2, 0.25) is 51.4 Å². The van der Waals surface area contributed by atoms with Gasteiger partial charge in [-0.25, -0.2) is 14.5 Å². The number of imidazole rings is 1. The van der Waals surface area contributed by atoms with Crippen LogP contribution in [0.5, 0.6) is 0 Å². The Balaban J connectivity index is 1.79. The van der Waals surface area contributed by atoms with Crippen LogP contribution in [0.15, 0.2) is 16.6 Å². The molecule has 0 fully saturated rings. The van der Waals surface area contributed by atoms with Crippen LogP contribution in [0, 0.1) is 5.41 Å². The van der Waals surface area contributed by atoms with Crippen LogP contribution in [0.4, 0.5) is 0 Å². The molecule has 0 bridgehead atoms. The average molecular weight is 650 g/mol. The lowest BCUT2D eigenvalue weighted by Gasteiger charge is -2.30. The zero-order chi connectivity index (χ0) is 29.5. The van der Waals surface area contributed by atoms with Crippen LogP contribution in [0.1, 0.15) is 41.9 Å². The van der Waals surface area contributed by atoms with Crippen molar-refractivity contribution in [2.45, 2.75) is 97.9 Å². The minimum Gasteiger partial charge on any atom is -0.478 e. The van der Waals surface area contributed by atoms with Crippen molar-refractivity contribution in [3.63, 3.8) is 0 Å². The first-order valence-electron chi connectivity index (χ1n) is 14.2. The zero-order valence-corrected chi connectivity index (χ0v) is 28.9. The molecule has 1 aliphatic carbocycles. The smallest absolute Gasteiger partial charge is 0.338 e. The average Bonchev–Trinajstić information content (AvgIpc) is 3.34. The van der Waals surface area contributed by atoms with Crippen LogP contribution in [0.3, 0.4) is 0 Å². The summed E-state index contributed by atoms with van der Waals surface area (Å²) in [4.78, 5) is 17.1. The standard InChI is InChI=1S/C29H45BrN4O4Si2/c1-29(2)10-9-21-24(17-29)34(19-38-12-14-40(6,7)8)32-26(21)27-31-25-22(28(35)36)15-20(30)16-23(25)33(27)18-37-11-13-39(3,4)5/h15-16H,9-14,17-19H2,1-8H3,(H,35,36). The number of aromatic carboxylic acids is 1. The molecule has 0 unspecified atom stereocenters. The molecule has 3 aromatic rings. The minimum atomic E-state index is -1.26. The molecule has 0 saturated heterocycles. The van der Waals surface area contributed by atoms with Gasteiger partial charge in [-0.1, -0.05) is 69.1 Å². The van der Waals surface area contributed by atoms with Crippen molar-refractivity contribution in [2.75, 3.05) is 13.2 Å². The van der Waals surface area contributed by atoms with Crippen molar-refractivity contribution < 1.29 is 19.4 Å². The Hall–Kier alpha value is -1.80. The summed E-state index contributed by atoms with van der Waals surface area (Å²) in [5.74, 6) is -0.354. The zero-order valence-electron chi connectivity index (χ0n) is 25.4. The maximum atomic E-state index is 12.2. The second-order valence-electron chi connectivity index (χ2n) is 14.3. The molecule has 2 aromatic heterocycles. The SMILES string of the molecule is CC1(C)CCc2c(-c3nc4c(C(=O)O)cc(Br)cc4n3COCC[Si](C)(C)C)nn(COCC[Si](C)(C)C)c2C1. The highest BCUT2D eigenvalue weighted by Gasteiger charge is 2.33. The van der Waals surface area contributed by atoms with Crippen molar-refractivity contribution in [2.24, 2.45) is 5.41 Å². The van der Waals surface area contributed by atoms with E-state index in [1.165, 1.54) is 11.3 Å². The number of carbonyl (C=O) groups is 1. The number of hydrogen-bond donors (Lipinski definition) is 1. The number of halogens is 1. The summed E-state index contributed by atoms with van der Waals surface area (Å²) in [6.45, 7) is 20.7. The van der Waals surface area contributed by atoms with E-state index < -0.39 is 22.1 Å². The molecular weight excluding hydrogens is 604 g/mol. The topological polar surface area (TPSA) is 91.4 Å². The number of carboxylic acid groups (broad SMARTS) is 1. The summed E-state index contributed by atoms with van der Waals surface area (Å²) in [5.41, 5.74) is 4.68. The second-order valence-corrected chi connectivity index (χ2v) is 26.5. The van der Waals surface area contributed by atoms with E-state index in [1.807, 2.05) is 15.3 Å². The van der Waals surface area contributed by atoms with E-state index in [-0.39, 0.29) is 17.7 Å². The van der Waals surface area contributed by atoms with Gasteiger partial charge in [0.2, 0.25) is 0 Å². The van der Waals surface area contributed by atoms with Gasteiger partial charge in [-0.3, -0.25) is 4.57 Å². The van der Waals surface area contributed by atoms with Gasteiger partial charge in [0, 0.05) is 45.1 Å².